The third kappa shape index (κ3) is 7.22. The highest BCUT2D eigenvalue weighted by atomic mass is 31.3. The molecule has 6 N–H and O–H groups in total. The molecule has 0 spiro atoms. The van der Waals surface area contributed by atoms with Gasteiger partial charge in [-0.05, 0) is 27.9 Å². The van der Waals surface area contributed by atoms with Crippen LogP contribution in [0.4, 0.5) is 0 Å². The molecule has 2 aliphatic rings. The van der Waals surface area contributed by atoms with E-state index in [0.29, 0.717) is 0 Å². The number of rotatable bonds is 9. The molecule has 37 heavy (non-hydrogen) atoms. The number of aliphatic hydroxyl groups excluding tert-OH is 3. The summed E-state index contributed by atoms with van der Waals surface area (Å²) in [6.07, 6.45) is -8.02. The van der Waals surface area contributed by atoms with Crippen LogP contribution in [0.25, 0.3) is 0 Å². The van der Waals surface area contributed by atoms with Crippen LogP contribution in [0.15, 0.2) is 15.8 Å². The summed E-state index contributed by atoms with van der Waals surface area (Å²) in [4.78, 5) is 47.0. The molecular weight excluding hydrogens is 544 g/mol. The van der Waals surface area contributed by atoms with Gasteiger partial charge in [0.05, 0.1) is 31.0 Å². The monoisotopic (exact) mass is 575 g/mol. The Morgan fingerprint density at radius 1 is 1.14 bits per heavy atom. The Hall–Kier alpha value is -1.30. The maximum Gasteiger partial charge on any atom is 0.483 e. The highest BCUT2D eigenvalue weighted by Crippen LogP contribution is 2.61. The summed E-state index contributed by atoms with van der Waals surface area (Å²) >= 11 is 0. The fraction of sp³-hybridized carbons (Fsp3) is 0.778. The third-order valence-corrected chi connectivity index (χ3v) is 8.51. The van der Waals surface area contributed by atoms with Gasteiger partial charge >= 0.3 is 21.3 Å². The second kappa shape index (κ2) is 11.4. The van der Waals surface area contributed by atoms with Gasteiger partial charge in [0.15, 0.2) is 6.29 Å². The number of hydrogen-bond acceptors (Lipinski definition) is 13. The Kier molecular flexibility index (Phi) is 9.35. The van der Waals surface area contributed by atoms with Crippen molar-refractivity contribution in [1.29, 1.82) is 0 Å². The Bertz CT molecular complexity index is 1170. The molecule has 1 aromatic heterocycles. The molecule has 0 aliphatic carbocycles. The third-order valence-electron chi connectivity index (χ3n) is 5.91. The summed E-state index contributed by atoms with van der Waals surface area (Å²) < 4.78 is 50.1. The number of ether oxygens (including phenoxy) is 2. The average Bonchev–Trinajstić information content (AvgIpc) is 3.12. The van der Waals surface area contributed by atoms with Crippen LogP contribution in [0.3, 0.4) is 0 Å². The van der Waals surface area contributed by atoms with Crippen LogP contribution in [-0.2, 0) is 32.0 Å². The van der Waals surface area contributed by atoms with Gasteiger partial charge in [-0.25, -0.2) is 13.9 Å². The van der Waals surface area contributed by atoms with Crippen molar-refractivity contribution in [2.45, 2.75) is 69.3 Å². The molecule has 3 heterocycles. The number of phosphoric ester groups is 2. The molecule has 3 rings (SSSR count). The molecule has 0 radical (unpaired) electrons. The minimum absolute atomic E-state index is 0.133. The number of likely N-dealkylation sites (N-methyl/N-ethyl adjacent to an activating group) is 1. The maximum absolute atomic E-state index is 12.4. The zero-order chi connectivity index (χ0) is 27.9. The topological polar surface area (TPSA) is 240 Å². The van der Waals surface area contributed by atoms with Crippen molar-refractivity contribution in [2.75, 3.05) is 20.7 Å². The number of H-pyrrole nitrogens is 1. The van der Waals surface area contributed by atoms with Crippen molar-refractivity contribution >= 4 is 15.6 Å². The van der Waals surface area contributed by atoms with Gasteiger partial charge in [-0.3, -0.25) is 23.4 Å². The lowest BCUT2D eigenvalue weighted by atomic mass is 9.96. The first kappa shape index (κ1) is 30.2. The smallest absolute Gasteiger partial charge is 0.390 e. The Morgan fingerprint density at radius 3 is 2.41 bits per heavy atom. The molecule has 17 nitrogen and oxygen atoms in total. The van der Waals surface area contributed by atoms with Crippen LogP contribution in [0.1, 0.15) is 25.1 Å². The van der Waals surface area contributed by atoms with Crippen molar-refractivity contribution < 1.29 is 57.1 Å². The van der Waals surface area contributed by atoms with Crippen molar-refractivity contribution in [3.05, 3.63) is 32.6 Å². The first-order chi connectivity index (χ1) is 17.0. The van der Waals surface area contributed by atoms with Gasteiger partial charge in [0, 0.05) is 18.2 Å². The summed E-state index contributed by atoms with van der Waals surface area (Å²) in [6, 6.07) is -0.960. The summed E-state index contributed by atoms with van der Waals surface area (Å²) in [5, 5.41) is 30.8. The molecule has 3 unspecified atom stereocenters. The van der Waals surface area contributed by atoms with E-state index in [1.807, 2.05) is 0 Å². The van der Waals surface area contributed by atoms with Crippen molar-refractivity contribution in [1.82, 2.24) is 14.5 Å². The molecule has 0 saturated carbocycles. The van der Waals surface area contributed by atoms with Crippen molar-refractivity contribution in [2.24, 2.45) is 0 Å². The minimum atomic E-state index is -5.38. The quantitative estimate of drug-likeness (QED) is 0.177. The number of hydrogen-bond donors (Lipinski definition) is 6. The Balaban J connectivity index is 1.60. The minimum Gasteiger partial charge on any atom is -0.390 e. The van der Waals surface area contributed by atoms with Crippen molar-refractivity contribution in [3.8, 4) is 0 Å². The number of aliphatic hydroxyl groups is 3. The second-order valence-electron chi connectivity index (χ2n) is 8.98. The zero-order valence-corrected chi connectivity index (χ0v) is 22.1. The van der Waals surface area contributed by atoms with Gasteiger partial charge in [-0.2, -0.15) is 4.31 Å². The second-order valence-corrected chi connectivity index (χ2v) is 12.0. The highest BCUT2D eigenvalue weighted by Gasteiger charge is 2.49. The van der Waals surface area contributed by atoms with E-state index in [4.69, 9.17) is 14.0 Å². The lowest BCUT2D eigenvalue weighted by Crippen LogP contribution is -2.62. The predicted molar refractivity (Wildman–Crippen MR) is 122 cm³/mol. The number of nitrogens with zero attached hydrogens (tertiary/aromatic N) is 2. The van der Waals surface area contributed by atoms with Crippen LogP contribution in [-0.4, -0.2) is 103 Å². The van der Waals surface area contributed by atoms with Crippen LogP contribution in [0.5, 0.6) is 0 Å². The molecule has 212 valence electrons. The lowest BCUT2D eigenvalue weighted by molar-refractivity contribution is -0.256. The van der Waals surface area contributed by atoms with Crippen molar-refractivity contribution in [3.63, 3.8) is 0 Å². The van der Waals surface area contributed by atoms with Crippen LogP contribution in [0.2, 0.25) is 0 Å². The first-order valence-corrected chi connectivity index (χ1v) is 14.0. The maximum atomic E-state index is 12.4. The molecule has 10 atom stereocenters. The Labute approximate surface area is 210 Å². The van der Waals surface area contributed by atoms with Crippen LogP contribution in [0, 0.1) is 6.92 Å². The number of nitrogens with one attached hydrogen (secondary N) is 1. The fourth-order valence-electron chi connectivity index (χ4n) is 4.02. The molecule has 2 fully saturated rings. The number of phosphoric acid groups is 2. The average molecular weight is 575 g/mol. The molecular formula is C18H31N3O14P2. The van der Waals surface area contributed by atoms with E-state index in [2.05, 4.69) is 13.8 Å². The summed E-state index contributed by atoms with van der Waals surface area (Å²) in [7, 11) is -7.61. The summed E-state index contributed by atoms with van der Waals surface area (Å²) in [6.45, 7) is 2.09. The predicted octanol–water partition coefficient (Wildman–Crippen LogP) is -1.86. The molecule has 1 aromatic rings. The largest absolute Gasteiger partial charge is 0.483 e. The first-order valence-electron chi connectivity index (χ1n) is 11.0. The van der Waals surface area contributed by atoms with E-state index in [1.54, 1.807) is 0 Å². The number of aryl methyl sites for hydroxylation is 1. The number of aromatic amines is 1. The molecule has 0 amide bonds. The summed E-state index contributed by atoms with van der Waals surface area (Å²) in [5.41, 5.74) is -1.19. The Morgan fingerprint density at radius 2 is 1.78 bits per heavy atom. The van der Waals surface area contributed by atoms with E-state index in [9.17, 15) is 43.8 Å². The van der Waals surface area contributed by atoms with Crippen LogP contribution >= 0.6 is 15.6 Å². The number of aromatic nitrogens is 2. The zero-order valence-electron chi connectivity index (χ0n) is 20.3. The van der Waals surface area contributed by atoms with E-state index in [0.717, 1.165) is 4.57 Å². The molecule has 19 heteroatoms. The van der Waals surface area contributed by atoms with Gasteiger partial charge in [-0.1, -0.05) is 0 Å². The van der Waals surface area contributed by atoms with Gasteiger partial charge in [0.2, 0.25) is 0 Å². The molecule has 2 aliphatic heterocycles. The fourth-order valence-corrected chi connectivity index (χ4v) is 6.18. The van der Waals surface area contributed by atoms with E-state index < -0.39 is 82.6 Å². The standard InChI is InChI=1S/C18H31N3O14P2/c1-8-6-21(18(26)19-16(8)25)12-5-10(22)11(33-12)7-31-36(27,28)35-37(29,30)34-17-15(24)13(20(3)4)14(23)9(2)32-17/h6,9-15,17,22-24H,5,7H2,1-4H3,(H,27,28)(H,29,30)(H,19,25,26)/t9-,10+,11-,12-,13+,14-,15-,17?/m1/s1. The normalized spacial score (nSPS) is 35.8. The van der Waals surface area contributed by atoms with Gasteiger partial charge in [-0.15, -0.1) is 0 Å². The van der Waals surface area contributed by atoms with Crippen LogP contribution < -0.4 is 11.2 Å². The molecule has 0 aromatic carbocycles. The highest BCUT2D eigenvalue weighted by molar-refractivity contribution is 7.61. The lowest BCUT2D eigenvalue weighted by Gasteiger charge is -2.44. The molecule has 2 saturated heterocycles. The van der Waals surface area contributed by atoms with E-state index in [-0.39, 0.29) is 12.0 Å². The van der Waals surface area contributed by atoms with Gasteiger partial charge < -0.3 is 39.5 Å². The van der Waals surface area contributed by atoms with Gasteiger partial charge in [0.1, 0.15) is 18.4 Å². The SMILES string of the molecule is Cc1cn([C@H]2C[C@H](O)[C@@H](COP(=O)(O)OP(=O)(O)OC3O[C@H](C)[C@@H](O)[C@H](N(C)C)[C@H]3O)O2)c(=O)[nH]c1=O. The summed E-state index contributed by atoms with van der Waals surface area (Å²) in [5.74, 6) is 0. The molecule has 0 bridgehead atoms. The van der Waals surface area contributed by atoms with Gasteiger partial charge in [0.25, 0.3) is 5.56 Å². The van der Waals surface area contributed by atoms with E-state index in [1.165, 1.54) is 39.0 Å². The van der Waals surface area contributed by atoms with E-state index >= 15 is 0 Å².